The highest BCUT2D eigenvalue weighted by Crippen LogP contribution is 2.52. The van der Waals surface area contributed by atoms with E-state index in [0.29, 0.717) is 0 Å². The first-order valence-corrected chi connectivity index (χ1v) is 29.1. The van der Waals surface area contributed by atoms with E-state index in [-0.39, 0.29) is 40.7 Å². The van der Waals surface area contributed by atoms with Gasteiger partial charge in [-0.1, -0.05) is 224 Å². The van der Waals surface area contributed by atoms with Crippen molar-refractivity contribution >= 4 is 28.1 Å². The molecule has 81 heavy (non-hydrogen) atoms. The topological polar surface area (TPSA) is 68.1 Å². The smallest absolute Gasteiger partial charge is 0.159 e. The van der Waals surface area contributed by atoms with Gasteiger partial charge >= 0.3 is 0 Å². The lowest BCUT2D eigenvalue weighted by Gasteiger charge is -2.33. The molecule has 7 nitrogen and oxygen atoms in total. The number of hydrogen-bond donors (Lipinski definition) is 1. The van der Waals surface area contributed by atoms with Crippen LogP contribution in [-0.2, 0) is 10.8 Å². The fraction of sp³-hybridized carbons (Fsp3) is 0.284. The maximum Gasteiger partial charge on any atom is 0.159 e. The van der Waals surface area contributed by atoms with Crippen LogP contribution in [0, 0.1) is 0 Å². The Hall–Kier alpha value is -8.29. The summed E-state index contributed by atoms with van der Waals surface area (Å²) >= 11 is 0. The summed E-state index contributed by atoms with van der Waals surface area (Å²) < 4.78 is 9.93. The van der Waals surface area contributed by atoms with Crippen molar-refractivity contribution in [2.45, 2.75) is 138 Å². The molecular weight excluding hydrogens is 989 g/mol. The third kappa shape index (κ3) is 10.7. The van der Waals surface area contributed by atoms with Crippen molar-refractivity contribution in [3.8, 4) is 62.2 Å². The molecule has 0 bridgehead atoms. The zero-order valence-corrected chi connectivity index (χ0v) is 49.9. The van der Waals surface area contributed by atoms with E-state index in [9.17, 15) is 0 Å². The van der Waals surface area contributed by atoms with Crippen LogP contribution in [0.5, 0.6) is 11.5 Å². The van der Waals surface area contributed by atoms with Gasteiger partial charge in [0.2, 0.25) is 0 Å². The molecule has 7 heteroatoms. The summed E-state index contributed by atoms with van der Waals surface area (Å²) in [4.78, 5) is 18.9. The number of ether oxygens (including phenoxy) is 1. The van der Waals surface area contributed by atoms with Crippen molar-refractivity contribution in [2.24, 2.45) is 0 Å². The number of para-hydroxylation sites is 5. The van der Waals surface area contributed by atoms with Crippen LogP contribution in [0.25, 0.3) is 61.8 Å². The van der Waals surface area contributed by atoms with E-state index in [1.807, 2.05) is 6.07 Å². The van der Waals surface area contributed by atoms with E-state index in [4.69, 9.17) is 19.7 Å². The number of hydrogen-bond acceptors (Lipinski definition) is 6. The van der Waals surface area contributed by atoms with Crippen LogP contribution in [0.15, 0.2) is 182 Å². The molecule has 1 aliphatic heterocycles. The Labute approximate surface area is 481 Å². The van der Waals surface area contributed by atoms with Crippen LogP contribution in [0.1, 0.15) is 166 Å². The molecular formula is C74H78N6O. The second kappa shape index (κ2) is 21.6. The summed E-state index contributed by atoms with van der Waals surface area (Å²) in [5.74, 6) is 3.84. The minimum Gasteiger partial charge on any atom is -0.457 e. The van der Waals surface area contributed by atoms with Gasteiger partial charge in [-0.2, -0.15) is 0 Å². The van der Waals surface area contributed by atoms with Crippen molar-refractivity contribution < 1.29 is 4.74 Å². The van der Waals surface area contributed by atoms with Gasteiger partial charge in [-0.25, -0.2) is 15.0 Å². The van der Waals surface area contributed by atoms with Gasteiger partial charge in [0.15, 0.2) is 5.82 Å². The first kappa shape index (κ1) is 54.7. The van der Waals surface area contributed by atoms with Gasteiger partial charge in [-0.15, -0.1) is 0 Å². The number of fused-ring (bicyclic) bond motifs is 2. The monoisotopic (exact) mass is 1070 g/mol. The van der Waals surface area contributed by atoms with Crippen molar-refractivity contribution in [1.82, 2.24) is 19.5 Å². The van der Waals surface area contributed by atoms with Gasteiger partial charge in [0, 0.05) is 11.1 Å². The first-order chi connectivity index (χ1) is 38.7. The molecule has 0 fully saturated rings. The summed E-state index contributed by atoms with van der Waals surface area (Å²) in [6.45, 7) is 31.9. The predicted molar refractivity (Wildman–Crippen MR) is 340 cm³/mol. The van der Waals surface area contributed by atoms with Gasteiger partial charge in [0.05, 0.1) is 45.2 Å². The zero-order valence-electron chi connectivity index (χ0n) is 49.9. The second-order valence-corrected chi connectivity index (χ2v) is 25.4. The van der Waals surface area contributed by atoms with Gasteiger partial charge in [0.25, 0.3) is 0 Å². The highest BCUT2D eigenvalue weighted by molar-refractivity contribution is 5.88. The lowest BCUT2D eigenvalue weighted by Crippen LogP contribution is -2.28. The number of rotatable bonds is 13. The van der Waals surface area contributed by atoms with Crippen LogP contribution >= 0.6 is 0 Å². The minimum atomic E-state index is -0.316. The summed E-state index contributed by atoms with van der Waals surface area (Å²) in [5, 5.41) is 4.01. The molecule has 0 saturated carbocycles. The number of nitrogens with zero attached hydrogens (tertiary/aromatic N) is 5. The third-order valence-corrected chi connectivity index (χ3v) is 15.9. The average molecular weight is 1070 g/mol. The summed E-state index contributed by atoms with van der Waals surface area (Å²) in [6.07, 6.45) is -0.316. The molecule has 1 unspecified atom stereocenters. The lowest BCUT2D eigenvalue weighted by molar-refractivity contribution is 0.477. The highest BCUT2D eigenvalue weighted by atomic mass is 16.5. The molecule has 1 N–H and O–H groups in total. The van der Waals surface area contributed by atoms with Crippen LogP contribution < -0.4 is 15.0 Å². The van der Waals surface area contributed by atoms with E-state index in [0.717, 1.165) is 96.0 Å². The van der Waals surface area contributed by atoms with Crippen molar-refractivity contribution in [2.75, 3.05) is 10.2 Å². The molecule has 0 radical (unpaired) electrons. The summed E-state index contributed by atoms with van der Waals surface area (Å²) in [7, 11) is 0. The van der Waals surface area contributed by atoms with E-state index >= 15 is 0 Å². The number of nitrogens with one attached hydrogen (secondary N) is 1. The van der Waals surface area contributed by atoms with Gasteiger partial charge < -0.3 is 15.0 Å². The molecule has 11 rings (SSSR count). The normalized spacial score (nSPS) is 13.7. The van der Waals surface area contributed by atoms with Crippen molar-refractivity contribution in [3.63, 3.8) is 0 Å². The van der Waals surface area contributed by atoms with Crippen LogP contribution in [0.3, 0.4) is 0 Å². The highest BCUT2D eigenvalue weighted by Gasteiger charge is 2.37. The Morgan fingerprint density at radius 1 is 0.469 bits per heavy atom. The molecule has 8 aromatic carbocycles. The number of aromatic nitrogens is 4. The molecule has 1 aliphatic rings. The Morgan fingerprint density at radius 3 is 1.69 bits per heavy atom. The van der Waals surface area contributed by atoms with Gasteiger partial charge in [-0.3, -0.25) is 4.57 Å². The SMILES string of the molecule is CC(C)c1cccc(C(C)C)c1-n1c(-c2cc(Oc3cc(C4Nc5ccccc5N4c4c(C(C)C)nc(-c5ccccc5)nc4C(C)C)cc(C(C)(C)C)c3)cc(-c3ccc(-c4ccccc4)cc3C(C)(C)C)c2)nc2ccccc21. The number of benzene rings is 8. The number of anilines is 3. The number of imidazole rings is 1. The fourth-order valence-corrected chi connectivity index (χ4v) is 11.7. The summed E-state index contributed by atoms with van der Waals surface area (Å²) in [5.41, 5.74) is 20.6. The van der Waals surface area contributed by atoms with E-state index in [2.05, 4.69) is 288 Å². The van der Waals surface area contributed by atoms with Crippen LogP contribution in [-0.4, -0.2) is 19.5 Å². The predicted octanol–water partition coefficient (Wildman–Crippen LogP) is 20.6. The lowest BCUT2D eigenvalue weighted by atomic mass is 9.80. The van der Waals surface area contributed by atoms with Crippen LogP contribution in [0.2, 0.25) is 0 Å². The van der Waals surface area contributed by atoms with E-state index < -0.39 is 0 Å². The molecule has 2 aromatic heterocycles. The van der Waals surface area contributed by atoms with E-state index in [1.165, 1.54) is 33.5 Å². The molecule has 0 aliphatic carbocycles. The maximum absolute atomic E-state index is 7.50. The van der Waals surface area contributed by atoms with Gasteiger partial charge in [-0.05, 0) is 139 Å². The van der Waals surface area contributed by atoms with Crippen LogP contribution in [0.4, 0.5) is 17.1 Å². The Bertz CT molecular complexity index is 3870. The molecule has 10 aromatic rings. The largest absolute Gasteiger partial charge is 0.457 e. The maximum atomic E-state index is 7.50. The fourth-order valence-electron chi connectivity index (χ4n) is 11.7. The van der Waals surface area contributed by atoms with Gasteiger partial charge in [0.1, 0.15) is 23.5 Å². The van der Waals surface area contributed by atoms with Crippen molar-refractivity contribution in [3.05, 3.63) is 221 Å². The molecule has 0 spiro atoms. The second-order valence-electron chi connectivity index (χ2n) is 25.4. The molecule has 0 amide bonds. The standard InChI is InChI=1S/C74H78N6O/c1-45(2)58-30-25-31-59(46(3)4)68(58)79-64-34-23-21-32-62(64)75-71(79)53-38-52(60-37-36-51(43-61(60)74(12,13)14)49-26-17-15-18-27-49)40-56(41-53)81-57-42-54(39-55(44-57)73(9,10)11)72-76-63-33-22-24-35-65(63)80(72)69-66(47(5)6)77-70(78-67(69)48(7)8)50-28-19-16-20-29-50/h15-48,72,76H,1-14H3. The zero-order chi connectivity index (χ0) is 57.1. The summed E-state index contributed by atoms with van der Waals surface area (Å²) in [6, 6.07) is 65.6. The molecule has 1 atom stereocenters. The Kier molecular flexibility index (Phi) is 14.6. The quantitative estimate of drug-likeness (QED) is 0.124. The third-order valence-electron chi connectivity index (χ3n) is 15.9. The van der Waals surface area contributed by atoms with E-state index in [1.54, 1.807) is 0 Å². The molecule has 410 valence electrons. The molecule has 3 heterocycles. The molecule has 0 saturated heterocycles. The van der Waals surface area contributed by atoms with Crippen molar-refractivity contribution in [1.29, 1.82) is 0 Å². The Balaban J connectivity index is 1.13. The first-order valence-electron chi connectivity index (χ1n) is 29.1. The Morgan fingerprint density at radius 2 is 1.06 bits per heavy atom. The minimum absolute atomic E-state index is 0.106. The average Bonchev–Trinajstić information content (AvgIpc) is 3.55.